The number of aromatic nitrogens is 3. The molecule has 10 heteroatoms. The fourth-order valence-corrected chi connectivity index (χ4v) is 4.13. The predicted molar refractivity (Wildman–Crippen MR) is 112 cm³/mol. The molecule has 152 valence electrons. The summed E-state index contributed by atoms with van der Waals surface area (Å²) in [5.41, 5.74) is 1.95. The Balaban J connectivity index is 1.76. The third-order valence-corrected chi connectivity index (χ3v) is 5.65. The van der Waals surface area contributed by atoms with Gasteiger partial charge in [-0.05, 0) is 35.7 Å². The maximum Gasteiger partial charge on any atom is 0.257 e. The first kappa shape index (κ1) is 19.5. The maximum absolute atomic E-state index is 11.6. The lowest BCUT2D eigenvalue weighted by Crippen LogP contribution is -2.28. The molecule has 1 aliphatic heterocycles. The van der Waals surface area contributed by atoms with E-state index in [-0.39, 0.29) is 18.0 Å². The van der Waals surface area contributed by atoms with Crippen LogP contribution in [0, 0.1) is 0 Å². The molecule has 2 atom stereocenters. The van der Waals surface area contributed by atoms with Gasteiger partial charge in [-0.25, -0.2) is 13.1 Å². The van der Waals surface area contributed by atoms with Gasteiger partial charge in [0.15, 0.2) is 0 Å². The number of nitrogens with one attached hydrogen (secondary N) is 2. The van der Waals surface area contributed by atoms with Crippen molar-refractivity contribution in [2.75, 3.05) is 23.4 Å². The highest BCUT2D eigenvalue weighted by Crippen LogP contribution is 2.40. The van der Waals surface area contributed by atoms with Crippen LogP contribution in [0.3, 0.4) is 0 Å². The van der Waals surface area contributed by atoms with Gasteiger partial charge >= 0.3 is 0 Å². The monoisotopic (exact) mass is 433 g/mol. The summed E-state index contributed by atoms with van der Waals surface area (Å²) in [6, 6.07) is 15.1. The molecule has 4 rings (SSSR count). The molecule has 0 saturated carbocycles. The zero-order valence-corrected chi connectivity index (χ0v) is 17.4. The van der Waals surface area contributed by atoms with Crippen molar-refractivity contribution in [3.8, 4) is 5.75 Å². The first-order valence-corrected chi connectivity index (χ1v) is 11.2. The van der Waals surface area contributed by atoms with Crippen LogP contribution in [-0.4, -0.2) is 36.5 Å². The topological polar surface area (TPSA) is 98.1 Å². The standard InChI is InChI=1S/C19H20ClN5O3S/c1-28-13-9-7-12(8-10-13)16-11-17(14-5-3-4-6-15(14)20)25-19(21-16)22-18(23-25)24-29(2,26)27/h3-10,16-17H,11H2,1-2H3,(H2,21,22,23,24)/t16-,17-/m1/s1. The SMILES string of the molecule is COc1ccc([C@H]2C[C@H](c3ccccc3Cl)n3nc(NS(C)(=O)=O)nc3N2)cc1. The van der Waals surface area contributed by atoms with Crippen LogP contribution in [0.5, 0.6) is 5.75 Å². The molecule has 0 bridgehead atoms. The van der Waals surface area contributed by atoms with Crippen molar-refractivity contribution in [2.24, 2.45) is 0 Å². The number of ether oxygens (including phenoxy) is 1. The molecule has 2 aromatic carbocycles. The molecule has 0 amide bonds. The minimum absolute atomic E-state index is 0.0161. The molecule has 0 fully saturated rings. The highest BCUT2D eigenvalue weighted by molar-refractivity contribution is 7.91. The maximum atomic E-state index is 11.6. The smallest absolute Gasteiger partial charge is 0.257 e. The van der Waals surface area contributed by atoms with Crippen LogP contribution in [0.25, 0.3) is 0 Å². The van der Waals surface area contributed by atoms with Gasteiger partial charge in [0, 0.05) is 5.02 Å². The zero-order chi connectivity index (χ0) is 20.6. The number of rotatable bonds is 5. The molecule has 2 heterocycles. The Morgan fingerprint density at radius 1 is 1.21 bits per heavy atom. The Bertz CT molecular complexity index is 1130. The summed E-state index contributed by atoms with van der Waals surface area (Å²) in [5, 5.41) is 8.33. The van der Waals surface area contributed by atoms with E-state index < -0.39 is 10.0 Å². The molecular formula is C19H20ClN5O3S. The molecule has 0 spiro atoms. The average molecular weight is 434 g/mol. The molecular weight excluding hydrogens is 414 g/mol. The van der Waals surface area contributed by atoms with E-state index in [9.17, 15) is 8.42 Å². The summed E-state index contributed by atoms with van der Waals surface area (Å²) in [4.78, 5) is 4.33. The first-order valence-electron chi connectivity index (χ1n) is 8.93. The van der Waals surface area contributed by atoms with E-state index in [2.05, 4.69) is 20.1 Å². The lowest BCUT2D eigenvalue weighted by Gasteiger charge is -2.32. The van der Waals surface area contributed by atoms with Gasteiger partial charge in [0.1, 0.15) is 5.75 Å². The van der Waals surface area contributed by atoms with Crippen LogP contribution in [0.4, 0.5) is 11.9 Å². The second-order valence-electron chi connectivity index (χ2n) is 6.82. The van der Waals surface area contributed by atoms with Crippen LogP contribution in [0.1, 0.15) is 29.6 Å². The molecule has 29 heavy (non-hydrogen) atoms. The van der Waals surface area contributed by atoms with Gasteiger partial charge in [-0.3, -0.25) is 4.72 Å². The van der Waals surface area contributed by atoms with E-state index in [1.165, 1.54) is 0 Å². The number of sulfonamides is 1. The van der Waals surface area contributed by atoms with Crippen LogP contribution in [0.2, 0.25) is 5.02 Å². The van der Waals surface area contributed by atoms with Crippen molar-refractivity contribution in [1.29, 1.82) is 0 Å². The Labute approximate surface area is 173 Å². The third kappa shape index (κ3) is 4.15. The summed E-state index contributed by atoms with van der Waals surface area (Å²) in [7, 11) is -1.87. The Hall–Kier alpha value is -2.78. The van der Waals surface area contributed by atoms with Crippen molar-refractivity contribution in [1.82, 2.24) is 14.8 Å². The molecule has 1 aromatic heterocycles. The summed E-state index contributed by atoms with van der Waals surface area (Å²) < 4.78 is 32.5. The molecule has 0 aliphatic carbocycles. The number of benzene rings is 2. The fourth-order valence-electron chi connectivity index (χ4n) is 3.45. The number of halogens is 1. The minimum atomic E-state index is -3.50. The molecule has 2 N–H and O–H groups in total. The van der Waals surface area contributed by atoms with E-state index in [4.69, 9.17) is 16.3 Å². The lowest BCUT2D eigenvalue weighted by atomic mass is 9.93. The average Bonchev–Trinajstić information content (AvgIpc) is 3.08. The molecule has 1 aliphatic rings. The van der Waals surface area contributed by atoms with Gasteiger partial charge in [0.25, 0.3) is 5.95 Å². The third-order valence-electron chi connectivity index (χ3n) is 4.75. The molecule has 0 saturated heterocycles. The molecule has 0 radical (unpaired) electrons. The number of methoxy groups -OCH3 is 1. The zero-order valence-electron chi connectivity index (χ0n) is 15.8. The van der Waals surface area contributed by atoms with Gasteiger partial charge in [0.2, 0.25) is 16.0 Å². The molecule has 0 unspecified atom stereocenters. The van der Waals surface area contributed by atoms with Gasteiger partial charge in [-0.1, -0.05) is 41.9 Å². The number of nitrogens with zero attached hydrogens (tertiary/aromatic N) is 3. The predicted octanol–water partition coefficient (Wildman–Crippen LogP) is 3.46. The second kappa shape index (κ2) is 7.57. The summed E-state index contributed by atoms with van der Waals surface area (Å²) in [6.07, 6.45) is 1.72. The minimum Gasteiger partial charge on any atom is -0.497 e. The van der Waals surface area contributed by atoms with Crippen molar-refractivity contribution >= 4 is 33.5 Å². The fraction of sp³-hybridized carbons (Fsp3) is 0.263. The highest BCUT2D eigenvalue weighted by Gasteiger charge is 2.32. The van der Waals surface area contributed by atoms with Crippen molar-refractivity contribution in [3.05, 3.63) is 64.7 Å². The van der Waals surface area contributed by atoms with Crippen LogP contribution in [-0.2, 0) is 10.0 Å². The number of hydrogen-bond donors (Lipinski definition) is 2. The first-order chi connectivity index (χ1) is 13.8. The van der Waals surface area contributed by atoms with Gasteiger partial charge in [0.05, 0.1) is 25.4 Å². The normalized spacial score (nSPS) is 18.6. The van der Waals surface area contributed by atoms with Crippen molar-refractivity contribution < 1.29 is 13.2 Å². The van der Waals surface area contributed by atoms with Gasteiger partial charge < -0.3 is 10.1 Å². The summed E-state index contributed by atoms with van der Waals surface area (Å²) >= 11 is 6.46. The summed E-state index contributed by atoms with van der Waals surface area (Å²) in [6.45, 7) is 0. The lowest BCUT2D eigenvalue weighted by molar-refractivity contribution is 0.413. The summed E-state index contributed by atoms with van der Waals surface area (Å²) in [5.74, 6) is 1.26. The van der Waals surface area contributed by atoms with E-state index in [1.54, 1.807) is 11.8 Å². The van der Waals surface area contributed by atoms with E-state index in [1.807, 2.05) is 48.5 Å². The molecule has 3 aromatic rings. The highest BCUT2D eigenvalue weighted by atomic mass is 35.5. The van der Waals surface area contributed by atoms with Gasteiger partial charge in [-0.2, -0.15) is 4.98 Å². The van der Waals surface area contributed by atoms with Crippen LogP contribution < -0.4 is 14.8 Å². The van der Waals surface area contributed by atoms with Crippen LogP contribution >= 0.6 is 11.6 Å². The Morgan fingerprint density at radius 3 is 2.59 bits per heavy atom. The number of fused-ring (bicyclic) bond motifs is 1. The van der Waals surface area contributed by atoms with Crippen LogP contribution in [0.15, 0.2) is 48.5 Å². The van der Waals surface area contributed by atoms with E-state index in [0.717, 1.165) is 23.1 Å². The van der Waals surface area contributed by atoms with Crippen molar-refractivity contribution in [3.63, 3.8) is 0 Å². The quantitative estimate of drug-likeness (QED) is 0.639. The Kier molecular flexibility index (Phi) is 5.10. The largest absolute Gasteiger partial charge is 0.497 e. The second-order valence-corrected chi connectivity index (χ2v) is 8.98. The van der Waals surface area contributed by atoms with Crippen molar-refractivity contribution in [2.45, 2.75) is 18.5 Å². The van der Waals surface area contributed by atoms with E-state index in [0.29, 0.717) is 17.4 Å². The number of anilines is 2. The van der Waals surface area contributed by atoms with E-state index >= 15 is 0 Å². The van der Waals surface area contributed by atoms with Gasteiger partial charge in [-0.15, -0.1) is 5.10 Å². The molecule has 8 nitrogen and oxygen atoms in total. The number of hydrogen-bond acceptors (Lipinski definition) is 6. The Morgan fingerprint density at radius 2 is 1.93 bits per heavy atom.